The van der Waals surface area contributed by atoms with Crippen LogP contribution in [0.2, 0.25) is 5.02 Å². The standard InChI is InChI=1S/C19H15ClF3N3O2S/c20-11-5-3-10(4-6-11)14-8-13(19(21,22)23)15-16(24-14)26(18(29)25-17(15)27)9-12-2-1-7-28-12/h3-6,8,12H,1-2,7,9H2,(H,25,27,29)/t12-/m0/s1. The molecule has 4 rings (SSSR count). The molecule has 152 valence electrons. The summed E-state index contributed by atoms with van der Waals surface area (Å²) in [6, 6.07) is 7.14. The first-order valence-corrected chi connectivity index (χ1v) is 9.65. The molecule has 3 heterocycles. The molecule has 1 aliphatic rings. The Kier molecular flexibility index (Phi) is 5.22. The summed E-state index contributed by atoms with van der Waals surface area (Å²) in [5, 5.41) is -0.0925. The highest BCUT2D eigenvalue weighted by molar-refractivity contribution is 7.71. The van der Waals surface area contributed by atoms with E-state index < -0.39 is 22.7 Å². The fourth-order valence-corrected chi connectivity index (χ4v) is 3.81. The fourth-order valence-electron chi connectivity index (χ4n) is 3.43. The van der Waals surface area contributed by atoms with E-state index in [2.05, 4.69) is 9.97 Å². The summed E-state index contributed by atoms with van der Waals surface area (Å²) in [6.07, 6.45) is -3.34. The predicted octanol–water partition coefficient (Wildman–Crippen LogP) is 4.97. The summed E-state index contributed by atoms with van der Waals surface area (Å²) < 4.78 is 48.5. The summed E-state index contributed by atoms with van der Waals surface area (Å²) in [7, 11) is 0. The van der Waals surface area contributed by atoms with Crippen LogP contribution in [0.1, 0.15) is 18.4 Å². The number of halogens is 4. The number of fused-ring (bicyclic) bond motifs is 1. The van der Waals surface area contributed by atoms with Gasteiger partial charge in [-0.05, 0) is 43.3 Å². The number of H-pyrrole nitrogens is 1. The summed E-state index contributed by atoms with van der Waals surface area (Å²) >= 11 is 11.1. The maximum absolute atomic E-state index is 13.8. The molecule has 0 aliphatic carbocycles. The van der Waals surface area contributed by atoms with Crippen molar-refractivity contribution in [2.24, 2.45) is 0 Å². The second kappa shape index (κ2) is 7.55. The lowest BCUT2D eigenvalue weighted by Gasteiger charge is -2.18. The Morgan fingerprint density at radius 2 is 2.03 bits per heavy atom. The number of benzene rings is 1. The monoisotopic (exact) mass is 441 g/mol. The lowest BCUT2D eigenvalue weighted by molar-refractivity contribution is -0.136. The maximum atomic E-state index is 13.8. The molecule has 0 unspecified atom stereocenters. The third-order valence-electron chi connectivity index (χ3n) is 4.80. The Hall–Kier alpha value is -2.23. The molecule has 1 atom stereocenters. The van der Waals surface area contributed by atoms with E-state index in [0.29, 0.717) is 17.2 Å². The largest absolute Gasteiger partial charge is 0.417 e. The van der Waals surface area contributed by atoms with E-state index in [4.69, 9.17) is 28.6 Å². The summed E-state index contributed by atoms with van der Waals surface area (Å²) in [4.78, 5) is 19.2. The molecular formula is C19H15ClF3N3O2S. The first kappa shape index (κ1) is 20.1. The molecule has 1 N–H and O–H groups in total. The number of aromatic nitrogens is 3. The molecule has 1 aromatic carbocycles. The zero-order valence-electron chi connectivity index (χ0n) is 14.9. The Morgan fingerprint density at radius 3 is 2.66 bits per heavy atom. The van der Waals surface area contributed by atoms with Gasteiger partial charge in [-0.15, -0.1) is 0 Å². The number of hydrogen-bond donors (Lipinski definition) is 1. The number of aromatic amines is 1. The van der Waals surface area contributed by atoms with E-state index in [9.17, 15) is 18.0 Å². The lowest BCUT2D eigenvalue weighted by Crippen LogP contribution is -2.24. The van der Waals surface area contributed by atoms with E-state index in [-0.39, 0.29) is 28.8 Å². The van der Waals surface area contributed by atoms with Gasteiger partial charge in [0.15, 0.2) is 4.77 Å². The van der Waals surface area contributed by atoms with Crippen molar-refractivity contribution in [3.63, 3.8) is 0 Å². The molecule has 3 aromatic rings. The topological polar surface area (TPSA) is 59.9 Å². The summed E-state index contributed by atoms with van der Waals surface area (Å²) in [5.41, 5.74) is -1.59. The van der Waals surface area contributed by atoms with Crippen molar-refractivity contribution < 1.29 is 17.9 Å². The van der Waals surface area contributed by atoms with Crippen LogP contribution < -0.4 is 5.56 Å². The van der Waals surface area contributed by atoms with Gasteiger partial charge in [-0.1, -0.05) is 23.7 Å². The Balaban J connectivity index is 2.02. The average molecular weight is 442 g/mol. The molecule has 0 radical (unpaired) electrons. The molecule has 1 saturated heterocycles. The van der Waals surface area contributed by atoms with Gasteiger partial charge in [0.2, 0.25) is 0 Å². The van der Waals surface area contributed by atoms with Crippen molar-refractivity contribution in [2.75, 3.05) is 6.61 Å². The second-order valence-corrected chi connectivity index (χ2v) is 7.59. The Labute approximate surface area is 173 Å². The molecule has 1 fully saturated rings. The van der Waals surface area contributed by atoms with Crippen LogP contribution in [-0.2, 0) is 17.5 Å². The Bertz CT molecular complexity index is 1180. The molecule has 0 amide bonds. The van der Waals surface area contributed by atoms with Gasteiger partial charge in [-0.2, -0.15) is 13.2 Å². The van der Waals surface area contributed by atoms with Crippen molar-refractivity contribution in [1.29, 1.82) is 0 Å². The normalized spacial score (nSPS) is 17.2. The van der Waals surface area contributed by atoms with Crippen LogP contribution in [-0.4, -0.2) is 27.2 Å². The quantitative estimate of drug-likeness (QED) is 0.583. The summed E-state index contributed by atoms with van der Waals surface area (Å²) in [5.74, 6) is 0. The van der Waals surface area contributed by atoms with Crippen LogP contribution in [0.5, 0.6) is 0 Å². The highest BCUT2D eigenvalue weighted by atomic mass is 35.5. The van der Waals surface area contributed by atoms with E-state index in [0.717, 1.165) is 18.9 Å². The zero-order chi connectivity index (χ0) is 20.8. The molecule has 2 aromatic heterocycles. The zero-order valence-corrected chi connectivity index (χ0v) is 16.5. The number of nitrogens with zero attached hydrogens (tertiary/aromatic N) is 2. The van der Waals surface area contributed by atoms with Gasteiger partial charge in [0.05, 0.1) is 29.3 Å². The predicted molar refractivity (Wildman–Crippen MR) is 106 cm³/mol. The number of nitrogens with one attached hydrogen (secondary N) is 1. The van der Waals surface area contributed by atoms with Crippen molar-refractivity contribution >= 4 is 34.9 Å². The van der Waals surface area contributed by atoms with Crippen molar-refractivity contribution in [2.45, 2.75) is 31.7 Å². The maximum Gasteiger partial charge on any atom is 0.417 e. The Morgan fingerprint density at radius 1 is 1.31 bits per heavy atom. The van der Waals surface area contributed by atoms with E-state index in [1.807, 2.05) is 0 Å². The van der Waals surface area contributed by atoms with Gasteiger partial charge in [-0.3, -0.25) is 14.3 Å². The number of hydrogen-bond acceptors (Lipinski definition) is 4. The van der Waals surface area contributed by atoms with Crippen LogP contribution in [0.25, 0.3) is 22.3 Å². The van der Waals surface area contributed by atoms with Crippen LogP contribution in [0.4, 0.5) is 13.2 Å². The van der Waals surface area contributed by atoms with Crippen molar-refractivity contribution in [3.8, 4) is 11.3 Å². The van der Waals surface area contributed by atoms with Crippen molar-refractivity contribution in [3.05, 3.63) is 56.0 Å². The van der Waals surface area contributed by atoms with E-state index in [1.165, 1.54) is 4.57 Å². The molecule has 10 heteroatoms. The SMILES string of the molecule is O=c1[nH]c(=S)n(C[C@@H]2CCCO2)c2nc(-c3ccc(Cl)cc3)cc(C(F)(F)F)c12. The number of rotatable bonds is 3. The minimum Gasteiger partial charge on any atom is -0.376 e. The molecule has 0 spiro atoms. The smallest absolute Gasteiger partial charge is 0.376 e. The van der Waals surface area contributed by atoms with Gasteiger partial charge >= 0.3 is 6.18 Å². The fraction of sp³-hybridized carbons (Fsp3) is 0.316. The van der Waals surface area contributed by atoms with Gasteiger partial charge in [0.1, 0.15) is 5.65 Å². The first-order valence-electron chi connectivity index (χ1n) is 8.86. The molecular weight excluding hydrogens is 427 g/mol. The molecule has 29 heavy (non-hydrogen) atoms. The van der Waals surface area contributed by atoms with Crippen LogP contribution in [0.3, 0.4) is 0 Å². The third-order valence-corrected chi connectivity index (χ3v) is 5.38. The van der Waals surface area contributed by atoms with Gasteiger partial charge in [-0.25, -0.2) is 4.98 Å². The number of alkyl halides is 3. The highest BCUT2D eigenvalue weighted by Gasteiger charge is 2.35. The number of ether oxygens (including phenoxy) is 1. The molecule has 1 aliphatic heterocycles. The van der Waals surface area contributed by atoms with Gasteiger partial charge in [0.25, 0.3) is 5.56 Å². The molecule has 0 saturated carbocycles. The van der Waals surface area contributed by atoms with Gasteiger partial charge < -0.3 is 4.74 Å². The van der Waals surface area contributed by atoms with Crippen LogP contribution >= 0.6 is 23.8 Å². The minimum atomic E-state index is -4.75. The third kappa shape index (κ3) is 3.94. The van der Waals surface area contributed by atoms with E-state index in [1.54, 1.807) is 24.3 Å². The van der Waals surface area contributed by atoms with Gasteiger partial charge in [0, 0.05) is 17.2 Å². The summed E-state index contributed by atoms with van der Waals surface area (Å²) in [6.45, 7) is 0.789. The first-order chi connectivity index (χ1) is 13.7. The average Bonchev–Trinajstić information content (AvgIpc) is 3.17. The van der Waals surface area contributed by atoms with Crippen LogP contribution in [0.15, 0.2) is 35.1 Å². The minimum absolute atomic E-state index is 0.00637. The van der Waals surface area contributed by atoms with Crippen LogP contribution in [0, 0.1) is 4.77 Å². The highest BCUT2D eigenvalue weighted by Crippen LogP contribution is 2.36. The van der Waals surface area contributed by atoms with E-state index >= 15 is 0 Å². The molecule has 5 nitrogen and oxygen atoms in total. The number of pyridine rings is 1. The lowest BCUT2D eigenvalue weighted by atomic mass is 10.1. The van der Waals surface area contributed by atoms with Crippen molar-refractivity contribution in [1.82, 2.24) is 14.5 Å². The molecule has 0 bridgehead atoms. The second-order valence-electron chi connectivity index (χ2n) is 6.76.